The summed E-state index contributed by atoms with van der Waals surface area (Å²) in [5.41, 5.74) is 1.38. The molecule has 1 amide bonds. The SMILES string of the molecule is Cn1c(=NC(=O)c2ccc(F)cc2)sc2cc(Br)ccc21. The number of aryl methyl sites for hydroxylation is 1. The third-order valence-electron chi connectivity index (χ3n) is 3.06. The van der Waals surface area contributed by atoms with Gasteiger partial charge in [-0.25, -0.2) is 4.39 Å². The first kappa shape index (κ1) is 14.2. The van der Waals surface area contributed by atoms with E-state index in [1.54, 1.807) is 0 Å². The van der Waals surface area contributed by atoms with E-state index in [1.807, 2.05) is 29.8 Å². The molecule has 0 saturated carbocycles. The van der Waals surface area contributed by atoms with E-state index in [0.717, 1.165) is 14.7 Å². The number of hydrogen-bond acceptors (Lipinski definition) is 2. The maximum atomic E-state index is 12.9. The molecule has 106 valence electrons. The molecule has 3 aromatic rings. The zero-order valence-electron chi connectivity index (χ0n) is 11.0. The Morgan fingerprint density at radius 2 is 1.95 bits per heavy atom. The standard InChI is InChI=1S/C15H10BrFN2OS/c1-19-12-7-4-10(16)8-13(12)21-15(19)18-14(20)9-2-5-11(17)6-3-9/h2-8H,1H3. The number of rotatable bonds is 1. The molecule has 0 atom stereocenters. The molecule has 0 aliphatic rings. The van der Waals surface area contributed by atoms with Gasteiger partial charge in [0.1, 0.15) is 5.82 Å². The summed E-state index contributed by atoms with van der Waals surface area (Å²) in [6, 6.07) is 11.3. The van der Waals surface area contributed by atoms with Gasteiger partial charge in [-0.1, -0.05) is 27.3 Å². The number of carbonyl (C=O) groups is 1. The Morgan fingerprint density at radius 3 is 2.67 bits per heavy atom. The number of benzene rings is 2. The number of halogens is 2. The molecule has 0 bridgehead atoms. The summed E-state index contributed by atoms with van der Waals surface area (Å²) in [5, 5.41) is 0. The molecular formula is C15H10BrFN2OS. The molecule has 0 aliphatic heterocycles. The molecule has 21 heavy (non-hydrogen) atoms. The minimum absolute atomic E-state index is 0.370. The van der Waals surface area contributed by atoms with E-state index in [1.165, 1.54) is 35.6 Å². The number of amides is 1. The van der Waals surface area contributed by atoms with Crippen molar-refractivity contribution in [2.75, 3.05) is 0 Å². The Labute approximate surface area is 132 Å². The number of carbonyl (C=O) groups excluding carboxylic acids is 1. The summed E-state index contributed by atoms with van der Waals surface area (Å²) in [6.07, 6.45) is 0. The number of hydrogen-bond donors (Lipinski definition) is 0. The first-order chi connectivity index (χ1) is 10.0. The Hall–Kier alpha value is -1.79. The lowest BCUT2D eigenvalue weighted by molar-refractivity contribution is 0.0998. The van der Waals surface area contributed by atoms with Crippen LogP contribution in [0.4, 0.5) is 4.39 Å². The molecule has 0 saturated heterocycles. The van der Waals surface area contributed by atoms with E-state index in [0.29, 0.717) is 10.4 Å². The highest BCUT2D eigenvalue weighted by Gasteiger charge is 2.07. The summed E-state index contributed by atoms with van der Waals surface area (Å²) in [5.74, 6) is -0.750. The first-order valence-electron chi connectivity index (χ1n) is 6.14. The molecule has 0 spiro atoms. The van der Waals surface area contributed by atoms with Crippen molar-refractivity contribution in [2.24, 2.45) is 12.0 Å². The van der Waals surface area contributed by atoms with Gasteiger partial charge in [-0.3, -0.25) is 4.79 Å². The van der Waals surface area contributed by atoms with Gasteiger partial charge in [-0.2, -0.15) is 4.99 Å². The van der Waals surface area contributed by atoms with Crippen LogP contribution in [-0.2, 0) is 7.05 Å². The van der Waals surface area contributed by atoms with Gasteiger partial charge < -0.3 is 4.57 Å². The van der Waals surface area contributed by atoms with Crippen molar-refractivity contribution < 1.29 is 9.18 Å². The Bertz CT molecular complexity index is 896. The predicted molar refractivity (Wildman–Crippen MR) is 84.8 cm³/mol. The normalized spacial score (nSPS) is 12.0. The van der Waals surface area contributed by atoms with E-state index < -0.39 is 0 Å². The summed E-state index contributed by atoms with van der Waals surface area (Å²) in [4.78, 5) is 16.9. The first-order valence-corrected chi connectivity index (χ1v) is 7.75. The minimum Gasteiger partial charge on any atom is -0.319 e. The van der Waals surface area contributed by atoms with Crippen LogP contribution in [0.25, 0.3) is 10.2 Å². The maximum Gasteiger partial charge on any atom is 0.279 e. The van der Waals surface area contributed by atoms with Crippen LogP contribution in [0.5, 0.6) is 0 Å². The molecule has 3 rings (SSSR count). The second kappa shape index (κ2) is 5.54. The molecule has 0 unspecified atom stereocenters. The molecule has 0 fully saturated rings. The van der Waals surface area contributed by atoms with Crippen molar-refractivity contribution in [1.82, 2.24) is 4.57 Å². The molecule has 0 radical (unpaired) electrons. The van der Waals surface area contributed by atoms with Crippen LogP contribution in [0, 0.1) is 5.82 Å². The van der Waals surface area contributed by atoms with Gasteiger partial charge >= 0.3 is 0 Å². The summed E-state index contributed by atoms with van der Waals surface area (Å²) in [7, 11) is 1.86. The fraction of sp³-hybridized carbons (Fsp3) is 0.0667. The summed E-state index contributed by atoms with van der Waals surface area (Å²) < 4.78 is 16.8. The molecule has 0 N–H and O–H groups in total. The quantitative estimate of drug-likeness (QED) is 0.645. The van der Waals surface area contributed by atoms with Gasteiger partial charge in [0, 0.05) is 17.1 Å². The van der Waals surface area contributed by atoms with Crippen molar-refractivity contribution in [3.63, 3.8) is 0 Å². The number of fused-ring (bicyclic) bond motifs is 1. The third kappa shape index (κ3) is 2.82. The molecule has 3 nitrogen and oxygen atoms in total. The molecule has 2 aromatic carbocycles. The van der Waals surface area contributed by atoms with Crippen LogP contribution < -0.4 is 4.80 Å². The highest BCUT2D eigenvalue weighted by molar-refractivity contribution is 9.10. The van der Waals surface area contributed by atoms with E-state index in [-0.39, 0.29) is 11.7 Å². The molecule has 1 heterocycles. The van der Waals surface area contributed by atoms with Crippen molar-refractivity contribution >= 4 is 43.4 Å². The van der Waals surface area contributed by atoms with E-state index >= 15 is 0 Å². The fourth-order valence-electron chi connectivity index (χ4n) is 1.96. The highest BCUT2D eigenvalue weighted by Crippen LogP contribution is 2.21. The fourth-order valence-corrected chi connectivity index (χ4v) is 3.53. The molecule has 1 aromatic heterocycles. The van der Waals surface area contributed by atoms with Gasteiger partial charge in [0.05, 0.1) is 10.2 Å². The zero-order valence-corrected chi connectivity index (χ0v) is 13.4. The monoisotopic (exact) mass is 364 g/mol. The molecule has 0 aliphatic carbocycles. The lowest BCUT2D eigenvalue weighted by atomic mass is 10.2. The summed E-state index contributed by atoms with van der Waals surface area (Å²) in [6.45, 7) is 0. The smallest absolute Gasteiger partial charge is 0.279 e. The van der Waals surface area contributed by atoms with E-state index in [4.69, 9.17) is 0 Å². The Balaban J connectivity index is 2.09. The van der Waals surface area contributed by atoms with Gasteiger partial charge in [0.2, 0.25) is 0 Å². The minimum atomic E-state index is -0.378. The van der Waals surface area contributed by atoms with E-state index in [2.05, 4.69) is 20.9 Å². The van der Waals surface area contributed by atoms with E-state index in [9.17, 15) is 9.18 Å². The third-order valence-corrected chi connectivity index (χ3v) is 4.65. The highest BCUT2D eigenvalue weighted by atomic mass is 79.9. The van der Waals surface area contributed by atoms with Crippen molar-refractivity contribution in [2.45, 2.75) is 0 Å². The van der Waals surface area contributed by atoms with Gasteiger partial charge in [0.25, 0.3) is 5.91 Å². The van der Waals surface area contributed by atoms with Gasteiger partial charge in [-0.05, 0) is 42.5 Å². The lowest BCUT2D eigenvalue weighted by Crippen LogP contribution is -2.13. The van der Waals surface area contributed by atoms with Crippen LogP contribution >= 0.6 is 27.3 Å². The Morgan fingerprint density at radius 1 is 1.24 bits per heavy atom. The maximum absolute atomic E-state index is 12.9. The number of nitrogens with zero attached hydrogens (tertiary/aromatic N) is 2. The van der Waals surface area contributed by atoms with Crippen LogP contribution in [0.2, 0.25) is 0 Å². The van der Waals surface area contributed by atoms with Gasteiger partial charge in [0.15, 0.2) is 4.80 Å². The predicted octanol–water partition coefficient (Wildman–Crippen LogP) is 3.88. The lowest BCUT2D eigenvalue weighted by Gasteiger charge is -1.96. The van der Waals surface area contributed by atoms with Crippen LogP contribution in [-0.4, -0.2) is 10.5 Å². The average molecular weight is 365 g/mol. The van der Waals surface area contributed by atoms with Crippen LogP contribution in [0.1, 0.15) is 10.4 Å². The second-order valence-electron chi connectivity index (χ2n) is 4.48. The van der Waals surface area contributed by atoms with Crippen LogP contribution in [0.15, 0.2) is 51.9 Å². The molecular weight excluding hydrogens is 355 g/mol. The zero-order chi connectivity index (χ0) is 15.0. The number of aromatic nitrogens is 1. The van der Waals surface area contributed by atoms with Crippen molar-refractivity contribution in [1.29, 1.82) is 0 Å². The average Bonchev–Trinajstić information content (AvgIpc) is 2.75. The topological polar surface area (TPSA) is 34.4 Å². The summed E-state index contributed by atoms with van der Waals surface area (Å²) >= 11 is 4.86. The van der Waals surface area contributed by atoms with Crippen molar-refractivity contribution in [3.8, 4) is 0 Å². The van der Waals surface area contributed by atoms with Gasteiger partial charge in [-0.15, -0.1) is 0 Å². The van der Waals surface area contributed by atoms with Crippen LogP contribution in [0.3, 0.4) is 0 Å². The Kier molecular flexibility index (Phi) is 3.73. The largest absolute Gasteiger partial charge is 0.319 e. The number of thiazole rings is 1. The molecule has 6 heteroatoms. The second-order valence-corrected chi connectivity index (χ2v) is 6.40. The van der Waals surface area contributed by atoms with Crippen molar-refractivity contribution in [3.05, 3.63) is 63.1 Å².